The van der Waals surface area contributed by atoms with Crippen LogP contribution in [0.15, 0.2) is 24.4 Å². The maximum atomic E-state index is 7.11. The van der Waals surface area contributed by atoms with Crippen LogP contribution in [-0.2, 0) is 19.4 Å². The van der Waals surface area contributed by atoms with Crippen molar-refractivity contribution in [1.29, 1.82) is 5.41 Å². The monoisotopic (exact) mass is 228 g/mol. The smallest absolute Gasteiger partial charge is 0.0448 e. The van der Waals surface area contributed by atoms with Gasteiger partial charge in [-0.2, -0.15) is 0 Å². The molecule has 90 valence electrons. The molecule has 2 nitrogen and oxygen atoms in total. The molecule has 1 aromatic rings. The van der Waals surface area contributed by atoms with Crippen molar-refractivity contribution in [1.82, 2.24) is 5.32 Å². The summed E-state index contributed by atoms with van der Waals surface area (Å²) in [6.45, 7) is 6.76. The van der Waals surface area contributed by atoms with E-state index in [9.17, 15) is 0 Å². The molecule has 0 saturated heterocycles. The summed E-state index contributed by atoms with van der Waals surface area (Å²) in [5.74, 6) is 0. The number of aryl methyl sites for hydroxylation is 1. The second-order valence-corrected chi connectivity index (χ2v) is 4.73. The summed E-state index contributed by atoms with van der Waals surface area (Å²) in [6.07, 6.45) is 6.30. The normalized spacial score (nSPS) is 13.9. The van der Waals surface area contributed by atoms with Gasteiger partial charge in [0.15, 0.2) is 0 Å². The van der Waals surface area contributed by atoms with Gasteiger partial charge >= 0.3 is 0 Å². The molecule has 1 aliphatic carbocycles. The molecule has 0 fully saturated rings. The van der Waals surface area contributed by atoms with Gasteiger partial charge in [-0.3, -0.25) is 0 Å². The van der Waals surface area contributed by atoms with Crippen LogP contribution < -0.4 is 5.32 Å². The summed E-state index contributed by atoms with van der Waals surface area (Å²) < 4.78 is 0. The van der Waals surface area contributed by atoms with E-state index in [0.29, 0.717) is 5.70 Å². The molecule has 1 aromatic carbocycles. The Balaban J connectivity index is 2.22. The molecule has 1 aliphatic rings. The van der Waals surface area contributed by atoms with Crippen molar-refractivity contribution in [3.05, 3.63) is 46.7 Å². The molecule has 0 saturated carbocycles. The molecule has 2 rings (SSSR count). The van der Waals surface area contributed by atoms with Gasteiger partial charge in [-0.15, -0.1) is 0 Å². The van der Waals surface area contributed by atoms with E-state index in [2.05, 4.69) is 31.0 Å². The second kappa shape index (κ2) is 5.17. The third kappa shape index (κ3) is 2.57. The van der Waals surface area contributed by atoms with Gasteiger partial charge in [0.25, 0.3) is 0 Å². The second-order valence-electron chi connectivity index (χ2n) is 4.73. The number of fused-ring (bicyclic) bond motifs is 1. The van der Waals surface area contributed by atoms with E-state index in [1.807, 2.05) is 0 Å². The Hall–Kier alpha value is -1.57. The van der Waals surface area contributed by atoms with Gasteiger partial charge in [0.1, 0.15) is 0 Å². The molecule has 0 spiro atoms. The Bertz CT molecular complexity index is 446. The summed E-state index contributed by atoms with van der Waals surface area (Å²) in [4.78, 5) is 0. The molecule has 0 atom stereocenters. The summed E-state index contributed by atoms with van der Waals surface area (Å²) in [6, 6.07) is 4.43. The summed E-state index contributed by atoms with van der Waals surface area (Å²) in [7, 11) is 0. The lowest BCUT2D eigenvalue weighted by Gasteiger charge is -2.22. The minimum atomic E-state index is 0.676. The first kappa shape index (κ1) is 11.9. The van der Waals surface area contributed by atoms with Crippen molar-refractivity contribution >= 4 is 6.21 Å². The van der Waals surface area contributed by atoms with Gasteiger partial charge in [-0.1, -0.05) is 18.7 Å². The minimum absolute atomic E-state index is 0.676. The SMILES string of the molecule is C=C(C=N)NCc1ccc(C)c2c1CCCC2. The highest BCUT2D eigenvalue weighted by Gasteiger charge is 2.14. The van der Waals surface area contributed by atoms with E-state index in [-0.39, 0.29) is 0 Å². The van der Waals surface area contributed by atoms with Crippen LogP contribution in [0.2, 0.25) is 0 Å². The van der Waals surface area contributed by atoms with Gasteiger partial charge in [-0.25, -0.2) is 0 Å². The zero-order valence-electron chi connectivity index (χ0n) is 10.5. The molecule has 0 amide bonds. The first-order valence-electron chi connectivity index (χ1n) is 6.26. The predicted octanol–water partition coefficient (Wildman–Crippen LogP) is 3.13. The molecule has 0 aromatic heterocycles. The highest BCUT2D eigenvalue weighted by Crippen LogP contribution is 2.27. The molecular weight excluding hydrogens is 208 g/mol. The third-order valence-electron chi connectivity index (χ3n) is 3.55. The lowest BCUT2D eigenvalue weighted by molar-refractivity contribution is 0.669. The van der Waals surface area contributed by atoms with E-state index in [0.717, 1.165) is 6.54 Å². The Morgan fingerprint density at radius 2 is 2.06 bits per heavy atom. The first-order chi connectivity index (χ1) is 8.22. The van der Waals surface area contributed by atoms with Gasteiger partial charge < -0.3 is 10.7 Å². The summed E-state index contributed by atoms with van der Waals surface area (Å²) in [5, 5.41) is 10.3. The van der Waals surface area contributed by atoms with Crippen LogP contribution in [0.25, 0.3) is 0 Å². The lowest BCUT2D eigenvalue weighted by atomic mass is 9.85. The van der Waals surface area contributed by atoms with Gasteiger partial charge in [0.05, 0.1) is 0 Å². The molecule has 2 N–H and O–H groups in total. The molecule has 2 heteroatoms. The minimum Gasteiger partial charge on any atom is -0.380 e. The zero-order valence-corrected chi connectivity index (χ0v) is 10.5. The van der Waals surface area contributed by atoms with Crippen molar-refractivity contribution in [2.24, 2.45) is 0 Å². The van der Waals surface area contributed by atoms with Crippen LogP contribution in [0.1, 0.15) is 35.1 Å². The van der Waals surface area contributed by atoms with Crippen molar-refractivity contribution in [3.8, 4) is 0 Å². The number of hydrogen-bond acceptors (Lipinski definition) is 2. The highest BCUT2D eigenvalue weighted by atomic mass is 14.9. The van der Waals surface area contributed by atoms with E-state index in [1.54, 1.807) is 5.56 Å². The number of allylic oxidation sites excluding steroid dienone is 1. The topological polar surface area (TPSA) is 35.9 Å². The fourth-order valence-electron chi connectivity index (χ4n) is 2.55. The largest absolute Gasteiger partial charge is 0.380 e. The maximum Gasteiger partial charge on any atom is 0.0448 e. The highest BCUT2D eigenvalue weighted by molar-refractivity contribution is 5.73. The Labute approximate surface area is 103 Å². The summed E-state index contributed by atoms with van der Waals surface area (Å²) in [5.41, 5.74) is 6.55. The van der Waals surface area contributed by atoms with E-state index in [4.69, 9.17) is 5.41 Å². The van der Waals surface area contributed by atoms with Crippen LogP contribution >= 0.6 is 0 Å². The van der Waals surface area contributed by atoms with E-state index < -0.39 is 0 Å². The first-order valence-corrected chi connectivity index (χ1v) is 6.26. The number of hydrogen-bond donors (Lipinski definition) is 2. The number of nitrogens with one attached hydrogen (secondary N) is 2. The lowest BCUT2D eigenvalue weighted by Crippen LogP contribution is -2.16. The van der Waals surface area contributed by atoms with Crippen LogP contribution in [-0.4, -0.2) is 6.21 Å². The average Bonchev–Trinajstić information content (AvgIpc) is 2.38. The Morgan fingerprint density at radius 3 is 2.76 bits per heavy atom. The fraction of sp³-hybridized carbons (Fsp3) is 0.400. The third-order valence-corrected chi connectivity index (χ3v) is 3.55. The van der Waals surface area contributed by atoms with Crippen LogP contribution in [0.4, 0.5) is 0 Å². The van der Waals surface area contributed by atoms with E-state index in [1.165, 1.54) is 48.6 Å². The molecule has 17 heavy (non-hydrogen) atoms. The standard InChI is InChI=1S/C15H20N2/c1-11-7-8-13(10-17-12(2)9-16)15-6-4-3-5-14(11)15/h7-9,16-17H,2-6,10H2,1H3. The quantitative estimate of drug-likeness (QED) is 0.763. The Kier molecular flexibility index (Phi) is 3.62. The number of rotatable bonds is 4. The summed E-state index contributed by atoms with van der Waals surface area (Å²) >= 11 is 0. The molecule has 0 aliphatic heterocycles. The van der Waals surface area contributed by atoms with Gasteiger partial charge in [0.2, 0.25) is 0 Å². The molecule has 0 bridgehead atoms. The van der Waals surface area contributed by atoms with Crippen LogP contribution in [0.5, 0.6) is 0 Å². The molecule has 0 radical (unpaired) electrons. The van der Waals surface area contributed by atoms with Crippen LogP contribution in [0.3, 0.4) is 0 Å². The fourth-order valence-corrected chi connectivity index (χ4v) is 2.55. The maximum absolute atomic E-state index is 7.11. The Morgan fingerprint density at radius 1 is 1.35 bits per heavy atom. The molecule has 0 heterocycles. The van der Waals surface area contributed by atoms with Crippen molar-refractivity contribution in [3.63, 3.8) is 0 Å². The van der Waals surface area contributed by atoms with Crippen molar-refractivity contribution < 1.29 is 0 Å². The zero-order chi connectivity index (χ0) is 12.3. The predicted molar refractivity (Wildman–Crippen MR) is 72.6 cm³/mol. The van der Waals surface area contributed by atoms with E-state index >= 15 is 0 Å². The van der Waals surface area contributed by atoms with Crippen molar-refractivity contribution in [2.75, 3.05) is 0 Å². The number of benzene rings is 1. The average molecular weight is 228 g/mol. The van der Waals surface area contributed by atoms with Gasteiger partial charge in [-0.05, 0) is 54.9 Å². The van der Waals surface area contributed by atoms with Crippen molar-refractivity contribution in [2.45, 2.75) is 39.2 Å². The van der Waals surface area contributed by atoms with Crippen LogP contribution in [0, 0.1) is 12.3 Å². The molecular formula is C15H20N2. The van der Waals surface area contributed by atoms with Gasteiger partial charge in [0, 0.05) is 18.5 Å². The molecule has 0 unspecified atom stereocenters.